The predicted molar refractivity (Wildman–Crippen MR) is 82.9 cm³/mol. The Bertz CT molecular complexity index is 595. The second kappa shape index (κ2) is 6.39. The van der Waals surface area contributed by atoms with E-state index in [1.54, 1.807) is 6.33 Å². The molecule has 0 radical (unpaired) electrons. The zero-order valence-electron chi connectivity index (χ0n) is 13.7. The van der Waals surface area contributed by atoms with Gasteiger partial charge < -0.3 is 5.73 Å². The zero-order chi connectivity index (χ0) is 15.6. The molecule has 6 heteroatoms. The van der Waals surface area contributed by atoms with Crippen molar-refractivity contribution in [2.45, 2.75) is 53.1 Å². The average Bonchev–Trinajstić information content (AvgIpc) is 2.89. The molecule has 0 aliphatic heterocycles. The van der Waals surface area contributed by atoms with Gasteiger partial charge in [-0.15, -0.1) is 0 Å². The van der Waals surface area contributed by atoms with Crippen LogP contribution < -0.4 is 5.73 Å². The summed E-state index contributed by atoms with van der Waals surface area (Å²) in [7, 11) is 1.97. The third-order valence-electron chi connectivity index (χ3n) is 3.80. The Hall–Kier alpha value is -1.69. The van der Waals surface area contributed by atoms with E-state index < -0.39 is 0 Å². The minimum atomic E-state index is 0.0294. The van der Waals surface area contributed by atoms with Gasteiger partial charge in [-0.3, -0.25) is 4.68 Å². The number of nitrogens with zero attached hydrogens (tertiary/aromatic N) is 5. The fraction of sp³-hybridized carbons (Fsp3) is 0.667. The van der Waals surface area contributed by atoms with E-state index in [1.807, 2.05) is 23.3 Å². The van der Waals surface area contributed by atoms with Crippen LogP contribution in [0.5, 0.6) is 0 Å². The molecule has 0 bridgehead atoms. The zero-order valence-corrected chi connectivity index (χ0v) is 13.7. The van der Waals surface area contributed by atoms with Crippen LogP contribution in [0.2, 0.25) is 0 Å². The first-order valence-electron chi connectivity index (χ1n) is 7.49. The van der Waals surface area contributed by atoms with Crippen LogP contribution in [0.3, 0.4) is 0 Å². The maximum atomic E-state index is 6.33. The van der Waals surface area contributed by atoms with Crippen molar-refractivity contribution in [3.63, 3.8) is 0 Å². The largest absolute Gasteiger partial charge is 0.327 e. The predicted octanol–water partition coefficient (Wildman–Crippen LogP) is 1.40. The fourth-order valence-electron chi connectivity index (χ4n) is 2.63. The van der Waals surface area contributed by atoms with Crippen LogP contribution in [0, 0.1) is 19.8 Å². The molecule has 0 spiro atoms. The lowest BCUT2D eigenvalue weighted by atomic mass is 10.0. The lowest BCUT2D eigenvalue weighted by Gasteiger charge is -2.13. The molecule has 6 nitrogen and oxygen atoms in total. The van der Waals surface area contributed by atoms with Crippen molar-refractivity contribution in [3.8, 4) is 0 Å². The van der Waals surface area contributed by atoms with E-state index in [1.165, 1.54) is 11.3 Å². The molecule has 1 atom stereocenters. The minimum Gasteiger partial charge on any atom is -0.327 e. The van der Waals surface area contributed by atoms with Gasteiger partial charge in [-0.1, -0.05) is 13.8 Å². The quantitative estimate of drug-likeness (QED) is 0.872. The molecule has 0 saturated carbocycles. The van der Waals surface area contributed by atoms with Crippen LogP contribution in [-0.2, 0) is 26.4 Å². The summed E-state index contributed by atoms with van der Waals surface area (Å²) < 4.78 is 3.88. The Labute approximate surface area is 126 Å². The van der Waals surface area contributed by atoms with E-state index in [0.29, 0.717) is 5.92 Å². The van der Waals surface area contributed by atoms with Crippen LogP contribution in [-0.4, -0.2) is 30.6 Å². The van der Waals surface area contributed by atoms with Crippen molar-refractivity contribution in [2.75, 3.05) is 0 Å². The van der Waals surface area contributed by atoms with E-state index in [-0.39, 0.29) is 6.04 Å². The van der Waals surface area contributed by atoms with E-state index in [4.69, 9.17) is 5.73 Å². The van der Waals surface area contributed by atoms with Gasteiger partial charge >= 0.3 is 0 Å². The summed E-state index contributed by atoms with van der Waals surface area (Å²) in [6, 6.07) is 0.0294. The Morgan fingerprint density at radius 1 is 1.24 bits per heavy atom. The SMILES string of the molecule is Cc1nn(C)c(C)c1CC(N)Cc1ncnn1CC(C)C. The first-order valence-corrected chi connectivity index (χ1v) is 7.49. The second-order valence-electron chi connectivity index (χ2n) is 6.19. The maximum Gasteiger partial charge on any atom is 0.138 e. The highest BCUT2D eigenvalue weighted by Gasteiger charge is 2.16. The Morgan fingerprint density at radius 2 is 1.95 bits per heavy atom. The van der Waals surface area contributed by atoms with Gasteiger partial charge in [0.15, 0.2) is 0 Å². The number of aryl methyl sites for hydroxylation is 2. The van der Waals surface area contributed by atoms with Crippen molar-refractivity contribution in [3.05, 3.63) is 29.1 Å². The average molecular weight is 290 g/mol. The summed E-state index contributed by atoms with van der Waals surface area (Å²) >= 11 is 0. The Balaban J connectivity index is 2.05. The number of hydrogen-bond acceptors (Lipinski definition) is 4. The van der Waals surface area contributed by atoms with Crippen molar-refractivity contribution < 1.29 is 0 Å². The summed E-state index contributed by atoms with van der Waals surface area (Å²) in [5.74, 6) is 1.51. The molecule has 0 aliphatic carbocycles. The Morgan fingerprint density at radius 3 is 2.52 bits per heavy atom. The van der Waals surface area contributed by atoms with Crippen LogP contribution in [0.1, 0.15) is 36.6 Å². The normalized spacial score (nSPS) is 13.1. The summed E-state index contributed by atoms with van der Waals surface area (Å²) in [4.78, 5) is 4.35. The number of hydrogen-bond donors (Lipinski definition) is 1. The molecule has 2 heterocycles. The highest BCUT2D eigenvalue weighted by atomic mass is 15.3. The monoisotopic (exact) mass is 290 g/mol. The van der Waals surface area contributed by atoms with Gasteiger partial charge in [0.1, 0.15) is 12.2 Å². The van der Waals surface area contributed by atoms with Gasteiger partial charge in [0.2, 0.25) is 0 Å². The van der Waals surface area contributed by atoms with Crippen LogP contribution >= 0.6 is 0 Å². The van der Waals surface area contributed by atoms with Gasteiger partial charge in [-0.25, -0.2) is 9.67 Å². The standard InChI is InChI=1S/C15H26N6/c1-10(2)8-21-15(17-9-18-21)7-13(16)6-14-11(3)19-20(5)12(14)4/h9-10,13H,6-8,16H2,1-5H3. The number of rotatable bonds is 6. The van der Waals surface area contributed by atoms with E-state index in [2.05, 4.69) is 36.0 Å². The number of nitrogens with two attached hydrogens (primary N) is 1. The second-order valence-corrected chi connectivity index (χ2v) is 6.19. The molecule has 2 aromatic rings. The van der Waals surface area contributed by atoms with Gasteiger partial charge in [0, 0.05) is 31.7 Å². The molecule has 2 N–H and O–H groups in total. The van der Waals surface area contributed by atoms with Gasteiger partial charge in [0.05, 0.1) is 5.69 Å². The lowest BCUT2D eigenvalue weighted by Crippen LogP contribution is -2.28. The topological polar surface area (TPSA) is 74.6 Å². The third kappa shape index (κ3) is 3.69. The van der Waals surface area contributed by atoms with Crippen molar-refractivity contribution >= 4 is 0 Å². The summed E-state index contributed by atoms with van der Waals surface area (Å²) in [5.41, 5.74) is 9.83. The molecule has 1 unspecified atom stereocenters. The molecule has 0 amide bonds. The smallest absolute Gasteiger partial charge is 0.138 e. The van der Waals surface area contributed by atoms with Gasteiger partial charge in [-0.2, -0.15) is 10.2 Å². The highest BCUT2D eigenvalue weighted by molar-refractivity contribution is 5.25. The fourth-order valence-corrected chi connectivity index (χ4v) is 2.63. The van der Waals surface area contributed by atoms with Gasteiger partial charge in [-0.05, 0) is 31.7 Å². The molecular weight excluding hydrogens is 264 g/mol. The highest BCUT2D eigenvalue weighted by Crippen LogP contribution is 2.15. The first kappa shape index (κ1) is 15.7. The van der Waals surface area contributed by atoms with Crippen LogP contribution in [0.4, 0.5) is 0 Å². The van der Waals surface area contributed by atoms with Crippen molar-refractivity contribution in [2.24, 2.45) is 18.7 Å². The summed E-state index contributed by atoms with van der Waals surface area (Å²) in [6.45, 7) is 9.36. The molecule has 116 valence electrons. The van der Waals surface area contributed by atoms with E-state index in [0.717, 1.165) is 30.9 Å². The molecule has 2 rings (SSSR count). The van der Waals surface area contributed by atoms with E-state index in [9.17, 15) is 0 Å². The molecular formula is C15H26N6. The molecule has 0 aromatic carbocycles. The van der Waals surface area contributed by atoms with E-state index >= 15 is 0 Å². The van der Waals surface area contributed by atoms with Crippen molar-refractivity contribution in [1.29, 1.82) is 0 Å². The Kier molecular flexibility index (Phi) is 4.77. The van der Waals surface area contributed by atoms with Crippen molar-refractivity contribution in [1.82, 2.24) is 24.5 Å². The maximum absolute atomic E-state index is 6.33. The summed E-state index contributed by atoms with van der Waals surface area (Å²) in [6.07, 6.45) is 3.17. The lowest BCUT2D eigenvalue weighted by molar-refractivity contribution is 0.457. The first-order chi connectivity index (χ1) is 9.88. The van der Waals surface area contributed by atoms with Crippen LogP contribution in [0.15, 0.2) is 6.33 Å². The molecule has 0 aliphatic rings. The third-order valence-corrected chi connectivity index (χ3v) is 3.80. The minimum absolute atomic E-state index is 0.0294. The van der Waals surface area contributed by atoms with Gasteiger partial charge in [0.25, 0.3) is 0 Å². The summed E-state index contributed by atoms with van der Waals surface area (Å²) in [5, 5.41) is 8.73. The van der Waals surface area contributed by atoms with Crippen LogP contribution in [0.25, 0.3) is 0 Å². The number of aromatic nitrogens is 5. The molecule has 0 saturated heterocycles. The molecule has 2 aromatic heterocycles. The molecule has 21 heavy (non-hydrogen) atoms. The molecule has 0 fully saturated rings.